The topological polar surface area (TPSA) is 24.5 Å². The highest BCUT2D eigenvalue weighted by Crippen LogP contribution is 2.08. The summed E-state index contributed by atoms with van der Waals surface area (Å²) >= 11 is 0. The van der Waals surface area contributed by atoms with Gasteiger partial charge in [-0.25, -0.2) is 0 Å². The first-order valence-electron chi connectivity index (χ1n) is 7.29. The molecule has 1 N–H and O–H groups in total. The van der Waals surface area contributed by atoms with Gasteiger partial charge in [0.2, 0.25) is 0 Å². The van der Waals surface area contributed by atoms with Crippen molar-refractivity contribution < 1.29 is 4.74 Å². The number of unbranched alkanes of at least 4 members (excludes halogenated alkanes) is 1. The van der Waals surface area contributed by atoms with Crippen molar-refractivity contribution in [2.75, 3.05) is 32.8 Å². The fraction of sp³-hybridized carbons (Fsp3) is 1.00. The molecule has 0 aliphatic carbocycles. The van der Waals surface area contributed by atoms with Crippen LogP contribution in [0.1, 0.15) is 46.5 Å². The molecule has 0 aromatic heterocycles. The van der Waals surface area contributed by atoms with Gasteiger partial charge in [0.05, 0.1) is 12.7 Å². The number of nitrogens with one attached hydrogen (secondary N) is 1. The molecule has 1 rings (SSSR count). The van der Waals surface area contributed by atoms with E-state index in [1.165, 1.54) is 45.3 Å². The zero-order valence-electron chi connectivity index (χ0n) is 11.9. The second-order valence-electron chi connectivity index (χ2n) is 5.37. The van der Waals surface area contributed by atoms with Gasteiger partial charge in [-0.1, -0.05) is 13.3 Å². The highest BCUT2D eigenvalue weighted by atomic mass is 16.5. The van der Waals surface area contributed by atoms with Gasteiger partial charge in [-0.05, 0) is 46.2 Å². The van der Waals surface area contributed by atoms with Crippen LogP contribution in [0, 0.1) is 0 Å². The van der Waals surface area contributed by atoms with Crippen LogP contribution in [0.5, 0.6) is 0 Å². The van der Waals surface area contributed by atoms with Gasteiger partial charge in [-0.15, -0.1) is 0 Å². The van der Waals surface area contributed by atoms with Gasteiger partial charge in [0.15, 0.2) is 0 Å². The van der Waals surface area contributed by atoms with E-state index >= 15 is 0 Å². The molecular weight excluding hydrogens is 212 g/mol. The highest BCUT2D eigenvalue weighted by molar-refractivity contribution is 4.77. The van der Waals surface area contributed by atoms with Gasteiger partial charge < -0.3 is 10.1 Å². The van der Waals surface area contributed by atoms with Crippen LogP contribution in [0.25, 0.3) is 0 Å². The lowest BCUT2D eigenvalue weighted by molar-refractivity contribution is 0.0570. The first-order valence-corrected chi connectivity index (χ1v) is 7.29. The summed E-state index contributed by atoms with van der Waals surface area (Å²) in [4.78, 5) is 2.56. The third kappa shape index (κ3) is 7.02. The smallest absolute Gasteiger partial charge is 0.0596 e. The van der Waals surface area contributed by atoms with Gasteiger partial charge in [-0.3, -0.25) is 4.90 Å². The standard InChI is InChI=1S/C14H30N2O/c1-4-5-9-16(10-11-17-13(2)3)12-14-7-6-8-15-14/h13-15H,4-12H2,1-3H3. The van der Waals surface area contributed by atoms with Crippen LogP contribution in [0.15, 0.2) is 0 Å². The number of nitrogens with zero attached hydrogens (tertiary/aromatic N) is 1. The molecule has 1 aliphatic rings. The van der Waals surface area contributed by atoms with Crippen molar-refractivity contribution in [1.29, 1.82) is 0 Å². The Bertz CT molecular complexity index is 179. The molecule has 0 saturated carbocycles. The van der Waals surface area contributed by atoms with Crippen molar-refractivity contribution in [2.24, 2.45) is 0 Å². The molecule has 0 radical (unpaired) electrons. The number of hydrogen-bond acceptors (Lipinski definition) is 3. The molecule has 3 heteroatoms. The normalized spacial score (nSPS) is 20.6. The van der Waals surface area contributed by atoms with Crippen LogP contribution in [0.3, 0.4) is 0 Å². The molecular formula is C14H30N2O. The van der Waals surface area contributed by atoms with E-state index in [4.69, 9.17) is 4.74 Å². The van der Waals surface area contributed by atoms with Crippen LogP contribution < -0.4 is 5.32 Å². The van der Waals surface area contributed by atoms with E-state index in [0.29, 0.717) is 12.1 Å². The zero-order chi connectivity index (χ0) is 12.5. The second-order valence-corrected chi connectivity index (χ2v) is 5.37. The number of ether oxygens (including phenoxy) is 1. The maximum Gasteiger partial charge on any atom is 0.0596 e. The van der Waals surface area contributed by atoms with Gasteiger partial charge in [-0.2, -0.15) is 0 Å². The summed E-state index contributed by atoms with van der Waals surface area (Å²) in [7, 11) is 0. The van der Waals surface area contributed by atoms with Gasteiger partial charge in [0.25, 0.3) is 0 Å². The Morgan fingerprint density at radius 3 is 2.76 bits per heavy atom. The summed E-state index contributed by atoms with van der Waals surface area (Å²) in [5.41, 5.74) is 0. The highest BCUT2D eigenvalue weighted by Gasteiger charge is 2.17. The molecule has 0 aromatic carbocycles. The monoisotopic (exact) mass is 242 g/mol. The van der Waals surface area contributed by atoms with Crippen molar-refractivity contribution >= 4 is 0 Å². The lowest BCUT2D eigenvalue weighted by Gasteiger charge is -2.25. The van der Waals surface area contributed by atoms with E-state index in [1.807, 2.05) is 0 Å². The van der Waals surface area contributed by atoms with Crippen molar-refractivity contribution in [1.82, 2.24) is 10.2 Å². The van der Waals surface area contributed by atoms with Crippen LogP contribution in [-0.2, 0) is 4.74 Å². The summed E-state index contributed by atoms with van der Waals surface area (Å²) < 4.78 is 5.65. The molecule has 1 heterocycles. The van der Waals surface area contributed by atoms with Gasteiger partial charge in [0, 0.05) is 19.1 Å². The summed E-state index contributed by atoms with van der Waals surface area (Å²) in [6, 6.07) is 0.714. The van der Waals surface area contributed by atoms with E-state index in [-0.39, 0.29) is 0 Å². The predicted octanol–water partition coefficient (Wildman–Crippen LogP) is 2.27. The Kier molecular flexibility index (Phi) is 7.82. The van der Waals surface area contributed by atoms with E-state index < -0.39 is 0 Å². The lowest BCUT2D eigenvalue weighted by atomic mass is 10.2. The molecule has 1 aliphatic heterocycles. The molecule has 1 atom stereocenters. The van der Waals surface area contributed by atoms with Crippen LogP contribution in [-0.4, -0.2) is 49.8 Å². The Morgan fingerprint density at radius 2 is 2.18 bits per heavy atom. The molecule has 0 bridgehead atoms. The van der Waals surface area contributed by atoms with Gasteiger partial charge >= 0.3 is 0 Å². The third-order valence-corrected chi connectivity index (χ3v) is 3.33. The summed E-state index contributed by atoms with van der Waals surface area (Å²) in [6.07, 6.45) is 5.61. The Morgan fingerprint density at radius 1 is 1.35 bits per heavy atom. The van der Waals surface area contributed by atoms with Crippen LogP contribution >= 0.6 is 0 Å². The minimum atomic E-state index is 0.354. The van der Waals surface area contributed by atoms with Crippen LogP contribution in [0.2, 0.25) is 0 Å². The maximum atomic E-state index is 5.65. The second kappa shape index (κ2) is 8.90. The minimum Gasteiger partial charge on any atom is -0.377 e. The Hall–Kier alpha value is -0.120. The Labute approximate surface area is 107 Å². The van der Waals surface area contributed by atoms with E-state index in [9.17, 15) is 0 Å². The van der Waals surface area contributed by atoms with Crippen LogP contribution in [0.4, 0.5) is 0 Å². The quantitative estimate of drug-likeness (QED) is 0.671. The molecule has 0 amide bonds. The summed E-state index contributed by atoms with van der Waals surface area (Å²) in [5.74, 6) is 0. The Balaban J connectivity index is 2.20. The fourth-order valence-electron chi connectivity index (χ4n) is 2.32. The summed E-state index contributed by atoms with van der Waals surface area (Å²) in [5, 5.41) is 3.58. The SMILES string of the molecule is CCCCN(CCOC(C)C)CC1CCCN1. The average Bonchev–Trinajstić information content (AvgIpc) is 2.78. The third-order valence-electron chi connectivity index (χ3n) is 3.33. The maximum absolute atomic E-state index is 5.65. The molecule has 3 nitrogen and oxygen atoms in total. The molecule has 1 saturated heterocycles. The average molecular weight is 242 g/mol. The van der Waals surface area contributed by atoms with Gasteiger partial charge in [0.1, 0.15) is 0 Å². The first kappa shape index (κ1) is 14.9. The molecule has 1 unspecified atom stereocenters. The molecule has 0 spiro atoms. The molecule has 1 fully saturated rings. The lowest BCUT2D eigenvalue weighted by Crippen LogP contribution is -2.39. The number of hydrogen-bond donors (Lipinski definition) is 1. The zero-order valence-corrected chi connectivity index (χ0v) is 11.9. The molecule has 0 aromatic rings. The summed E-state index contributed by atoms with van der Waals surface area (Å²) in [6.45, 7) is 12.0. The van der Waals surface area contributed by atoms with Crippen molar-refractivity contribution in [2.45, 2.75) is 58.6 Å². The minimum absolute atomic E-state index is 0.354. The van der Waals surface area contributed by atoms with Crippen molar-refractivity contribution in [3.8, 4) is 0 Å². The molecule has 102 valence electrons. The number of rotatable bonds is 9. The van der Waals surface area contributed by atoms with E-state index in [2.05, 4.69) is 31.0 Å². The fourth-order valence-corrected chi connectivity index (χ4v) is 2.32. The van der Waals surface area contributed by atoms with Crippen molar-refractivity contribution in [3.05, 3.63) is 0 Å². The largest absolute Gasteiger partial charge is 0.377 e. The first-order chi connectivity index (χ1) is 8.22. The predicted molar refractivity (Wildman–Crippen MR) is 73.5 cm³/mol. The van der Waals surface area contributed by atoms with E-state index in [0.717, 1.165) is 13.2 Å². The molecule has 17 heavy (non-hydrogen) atoms. The van der Waals surface area contributed by atoms with E-state index in [1.54, 1.807) is 0 Å². The van der Waals surface area contributed by atoms with Crippen molar-refractivity contribution in [3.63, 3.8) is 0 Å².